The first-order chi connectivity index (χ1) is 10.2. The largest absolute Gasteiger partial charge is 0.338 e. The Hall–Kier alpha value is -2.20. The molecule has 1 N–H and O–H groups in total. The Morgan fingerprint density at radius 2 is 1.95 bits per heavy atom. The van der Waals surface area contributed by atoms with Gasteiger partial charge in [0.1, 0.15) is 5.82 Å². The Balaban J connectivity index is 2.03. The van der Waals surface area contributed by atoms with Gasteiger partial charge in [0.25, 0.3) is 0 Å². The lowest BCUT2D eigenvalue weighted by atomic mass is 10.1. The predicted molar refractivity (Wildman–Crippen MR) is 89.3 cm³/mol. The van der Waals surface area contributed by atoms with Gasteiger partial charge in [-0.1, -0.05) is 34.1 Å². The third-order valence-electron chi connectivity index (χ3n) is 3.65. The van der Waals surface area contributed by atoms with E-state index in [1.807, 2.05) is 30.5 Å². The summed E-state index contributed by atoms with van der Waals surface area (Å²) in [7, 11) is 0. The molecule has 0 unspecified atom stereocenters. The highest BCUT2D eigenvalue weighted by molar-refractivity contribution is 9.10. The molecule has 2 heterocycles. The monoisotopic (exact) mass is 337 g/mol. The summed E-state index contributed by atoms with van der Waals surface area (Å²) in [4.78, 5) is 12.6. The van der Waals surface area contributed by atoms with E-state index < -0.39 is 0 Å². The van der Waals surface area contributed by atoms with Crippen molar-refractivity contribution in [1.29, 1.82) is 0 Å². The summed E-state index contributed by atoms with van der Waals surface area (Å²) in [6, 6.07) is 14.3. The van der Waals surface area contributed by atoms with Crippen molar-refractivity contribution in [3.05, 3.63) is 58.7 Å². The van der Waals surface area contributed by atoms with Gasteiger partial charge >= 0.3 is 0 Å². The minimum atomic E-state index is 0.879. The van der Waals surface area contributed by atoms with Crippen molar-refractivity contribution in [1.82, 2.24) is 15.0 Å². The molecule has 0 aliphatic rings. The van der Waals surface area contributed by atoms with Crippen molar-refractivity contribution >= 4 is 37.9 Å². The highest BCUT2D eigenvalue weighted by Crippen LogP contribution is 2.29. The van der Waals surface area contributed by atoms with Crippen molar-refractivity contribution < 1.29 is 0 Å². The van der Waals surface area contributed by atoms with Crippen LogP contribution in [0.2, 0.25) is 0 Å². The van der Waals surface area contributed by atoms with Crippen molar-refractivity contribution in [3.63, 3.8) is 0 Å². The molecule has 102 valence electrons. The minimum absolute atomic E-state index is 0.879. The van der Waals surface area contributed by atoms with Crippen molar-refractivity contribution in [2.24, 2.45) is 0 Å². The van der Waals surface area contributed by atoms with Gasteiger partial charge in [0.2, 0.25) is 0 Å². The number of hydrogen-bond acceptors (Lipinski definition) is 2. The van der Waals surface area contributed by atoms with Crippen LogP contribution in [0.3, 0.4) is 0 Å². The van der Waals surface area contributed by atoms with E-state index in [0.29, 0.717) is 0 Å². The molecule has 4 heteroatoms. The van der Waals surface area contributed by atoms with E-state index in [1.54, 1.807) is 0 Å². The molecule has 21 heavy (non-hydrogen) atoms. The highest BCUT2D eigenvalue weighted by Gasteiger charge is 2.11. The summed E-state index contributed by atoms with van der Waals surface area (Å²) in [5.41, 5.74) is 5.26. The number of imidazole rings is 1. The molecule has 2 aromatic heterocycles. The predicted octanol–water partition coefficient (Wildman–Crippen LogP) is 4.85. The highest BCUT2D eigenvalue weighted by atomic mass is 79.9. The van der Waals surface area contributed by atoms with Gasteiger partial charge in [-0.2, -0.15) is 0 Å². The van der Waals surface area contributed by atoms with Gasteiger partial charge in [0.05, 0.1) is 16.6 Å². The normalized spacial score (nSPS) is 11.3. The van der Waals surface area contributed by atoms with Gasteiger partial charge in [-0.05, 0) is 36.8 Å². The molecule has 4 rings (SSSR count). The molecule has 4 aromatic rings. The van der Waals surface area contributed by atoms with Gasteiger partial charge < -0.3 is 4.98 Å². The van der Waals surface area contributed by atoms with Crippen molar-refractivity contribution in [3.8, 4) is 11.4 Å². The number of aromatic amines is 1. The maximum Gasteiger partial charge on any atom is 0.139 e. The number of hydrogen-bond donors (Lipinski definition) is 1. The Kier molecular flexibility index (Phi) is 2.79. The summed E-state index contributed by atoms with van der Waals surface area (Å²) in [6.07, 6.45) is 1.83. The number of rotatable bonds is 1. The van der Waals surface area contributed by atoms with Gasteiger partial charge in [0.15, 0.2) is 0 Å². The fourth-order valence-electron chi connectivity index (χ4n) is 2.68. The van der Waals surface area contributed by atoms with E-state index in [9.17, 15) is 0 Å². The summed E-state index contributed by atoms with van der Waals surface area (Å²) in [5, 5.41) is 1.11. The Bertz CT molecular complexity index is 967. The van der Waals surface area contributed by atoms with Crippen LogP contribution in [0.1, 0.15) is 5.56 Å². The van der Waals surface area contributed by atoms with E-state index in [4.69, 9.17) is 4.98 Å². The first-order valence-electron chi connectivity index (χ1n) is 6.72. The van der Waals surface area contributed by atoms with Crippen LogP contribution in [0.5, 0.6) is 0 Å². The first kappa shape index (κ1) is 12.5. The molecular weight excluding hydrogens is 326 g/mol. The van der Waals surface area contributed by atoms with Crippen LogP contribution in [0.25, 0.3) is 33.3 Å². The van der Waals surface area contributed by atoms with Crippen LogP contribution in [0.4, 0.5) is 0 Å². The Morgan fingerprint density at radius 3 is 2.86 bits per heavy atom. The number of pyridine rings is 1. The van der Waals surface area contributed by atoms with Crippen LogP contribution in [-0.2, 0) is 0 Å². The van der Waals surface area contributed by atoms with E-state index in [-0.39, 0.29) is 0 Å². The SMILES string of the molecule is Cc1cc(Br)cc2[nH]c(-c3ccnc4ccccc34)nc12. The molecule has 0 spiro atoms. The molecule has 0 bridgehead atoms. The summed E-state index contributed by atoms with van der Waals surface area (Å²) >= 11 is 3.53. The number of aryl methyl sites for hydroxylation is 1. The summed E-state index contributed by atoms with van der Waals surface area (Å²) in [5.74, 6) is 0.879. The molecule has 0 fully saturated rings. The van der Waals surface area contributed by atoms with Crippen LogP contribution in [-0.4, -0.2) is 15.0 Å². The van der Waals surface area contributed by atoms with Crippen LogP contribution >= 0.6 is 15.9 Å². The van der Waals surface area contributed by atoms with Gasteiger partial charge in [-0.25, -0.2) is 4.98 Å². The second-order valence-electron chi connectivity index (χ2n) is 5.08. The molecule has 0 saturated heterocycles. The van der Waals surface area contributed by atoms with Crippen LogP contribution in [0.15, 0.2) is 53.1 Å². The minimum Gasteiger partial charge on any atom is -0.338 e. The smallest absolute Gasteiger partial charge is 0.139 e. The maximum absolute atomic E-state index is 4.77. The van der Waals surface area contributed by atoms with Gasteiger partial charge in [-0.3, -0.25) is 4.98 Å². The quantitative estimate of drug-likeness (QED) is 0.539. The maximum atomic E-state index is 4.77. The number of halogens is 1. The molecule has 0 saturated carbocycles. The number of nitrogens with one attached hydrogen (secondary N) is 1. The van der Waals surface area contributed by atoms with Crippen LogP contribution < -0.4 is 0 Å². The second kappa shape index (κ2) is 4.67. The molecule has 0 radical (unpaired) electrons. The second-order valence-corrected chi connectivity index (χ2v) is 6.00. The van der Waals surface area contributed by atoms with Crippen LogP contribution in [0, 0.1) is 6.92 Å². The number of nitrogens with zero attached hydrogens (tertiary/aromatic N) is 2. The molecule has 0 aliphatic carbocycles. The summed E-state index contributed by atoms with van der Waals surface area (Å²) in [6.45, 7) is 2.07. The molecule has 0 atom stereocenters. The van der Waals surface area contributed by atoms with E-state index >= 15 is 0 Å². The average molecular weight is 338 g/mol. The van der Waals surface area contributed by atoms with Crippen molar-refractivity contribution in [2.75, 3.05) is 0 Å². The number of para-hydroxylation sites is 1. The molecule has 3 nitrogen and oxygen atoms in total. The van der Waals surface area contributed by atoms with Gasteiger partial charge in [0, 0.05) is 21.6 Å². The summed E-state index contributed by atoms with van der Waals surface area (Å²) < 4.78 is 1.06. The standard InChI is InChI=1S/C17H12BrN3/c1-10-8-11(18)9-15-16(10)21-17(20-15)13-6-7-19-14-5-3-2-4-12(13)14/h2-9H,1H3,(H,20,21). The Morgan fingerprint density at radius 1 is 1.10 bits per heavy atom. The fraction of sp³-hybridized carbons (Fsp3) is 0.0588. The third kappa shape index (κ3) is 2.03. The van der Waals surface area contributed by atoms with Gasteiger partial charge in [-0.15, -0.1) is 0 Å². The average Bonchev–Trinajstić information content (AvgIpc) is 2.90. The van der Waals surface area contributed by atoms with Crippen molar-refractivity contribution in [2.45, 2.75) is 6.92 Å². The zero-order valence-electron chi connectivity index (χ0n) is 11.4. The Labute approximate surface area is 130 Å². The molecular formula is C17H12BrN3. The lowest BCUT2D eigenvalue weighted by molar-refractivity contribution is 1.32. The first-order valence-corrected chi connectivity index (χ1v) is 7.52. The lowest BCUT2D eigenvalue weighted by Gasteiger charge is -2.02. The number of H-pyrrole nitrogens is 1. The van der Waals surface area contributed by atoms with E-state index in [1.165, 1.54) is 0 Å². The van der Waals surface area contributed by atoms with E-state index in [0.717, 1.165) is 43.4 Å². The zero-order valence-corrected chi connectivity index (χ0v) is 13.0. The van der Waals surface area contributed by atoms with E-state index in [2.05, 4.69) is 51.0 Å². The number of benzene rings is 2. The molecule has 2 aromatic carbocycles. The number of fused-ring (bicyclic) bond motifs is 2. The fourth-order valence-corrected chi connectivity index (χ4v) is 3.25. The molecule has 0 amide bonds. The molecule has 0 aliphatic heterocycles. The topological polar surface area (TPSA) is 41.6 Å². The third-order valence-corrected chi connectivity index (χ3v) is 4.10. The number of aromatic nitrogens is 3. The zero-order chi connectivity index (χ0) is 14.4. The lowest BCUT2D eigenvalue weighted by Crippen LogP contribution is -1.85.